The minimum atomic E-state index is -3.43. The summed E-state index contributed by atoms with van der Waals surface area (Å²) in [4.78, 5) is 5.09. The first-order chi connectivity index (χ1) is 13.3. The van der Waals surface area contributed by atoms with Gasteiger partial charge in [-0.2, -0.15) is 4.31 Å². The molecule has 0 spiro atoms. The van der Waals surface area contributed by atoms with Crippen molar-refractivity contribution < 1.29 is 8.42 Å². The van der Waals surface area contributed by atoms with Gasteiger partial charge in [-0.25, -0.2) is 8.42 Å². The molecule has 2 N–H and O–H groups in total. The Balaban J connectivity index is 1.40. The molecule has 2 aromatic carbocycles. The standard InChI is InChI=1S/C21H28N4O2S/c1-21(2)17-7-3-6-10-20(17)28(26,27)25(21)16-13-23-11-14-24(15-12-23)19-9-5-4-8-18(19)22/h3-10H,11-16,22H2,1-2H3. The van der Waals surface area contributed by atoms with Crippen LogP contribution in [-0.4, -0.2) is 56.9 Å². The first kappa shape index (κ1) is 19.2. The van der Waals surface area contributed by atoms with Crippen molar-refractivity contribution in [2.45, 2.75) is 24.3 Å². The van der Waals surface area contributed by atoms with Crippen LogP contribution in [0.1, 0.15) is 19.4 Å². The van der Waals surface area contributed by atoms with Gasteiger partial charge in [-0.15, -0.1) is 0 Å². The van der Waals surface area contributed by atoms with Crippen molar-refractivity contribution >= 4 is 21.4 Å². The summed E-state index contributed by atoms with van der Waals surface area (Å²) in [6.45, 7) is 8.80. The van der Waals surface area contributed by atoms with Crippen LogP contribution in [0.4, 0.5) is 11.4 Å². The van der Waals surface area contributed by atoms with Crippen molar-refractivity contribution in [2.75, 3.05) is 49.9 Å². The van der Waals surface area contributed by atoms with E-state index in [2.05, 4.69) is 15.9 Å². The molecule has 1 saturated heterocycles. The summed E-state index contributed by atoms with van der Waals surface area (Å²) < 4.78 is 27.7. The highest BCUT2D eigenvalue weighted by Gasteiger charge is 2.47. The van der Waals surface area contributed by atoms with Crippen LogP contribution in [0.5, 0.6) is 0 Å². The van der Waals surface area contributed by atoms with Gasteiger partial charge in [0, 0.05) is 39.3 Å². The zero-order valence-corrected chi connectivity index (χ0v) is 17.3. The summed E-state index contributed by atoms with van der Waals surface area (Å²) in [7, 11) is -3.43. The molecular formula is C21H28N4O2S. The van der Waals surface area contributed by atoms with Crippen molar-refractivity contribution in [3.8, 4) is 0 Å². The third kappa shape index (κ3) is 3.17. The number of nitrogen functional groups attached to an aromatic ring is 1. The smallest absolute Gasteiger partial charge is 0.244 e. The maximum Gasteiger partial charge on any atom is 0.244 e. The monoisotopic (exact) mass is 400 g/mol. The van der Waals surface area contributed by atoms with Gasteiger partial charge in [-0.1, -0.05) is 30.3 Å². The van der Waals surface area contributed by atoms with Crippen LogP contribution >= 0.6 is 0 Å². The molecule has 0 saturated carbocycles. The molecule has 2 aromatic rings. The van der Waals surface area contributed by atoms with Gasteiger partial charge in [0.2, 0.25) is 10.0 Å². The van der Waals surface area contributed by atoms with E-state index in [1.165, 1.54) is 0 Å². The Hall–Kier alpha value is -2.09. The number of piperazine rings is 1. The summed E-state index contributed by atoms with van der Waals surface area (Å²) >= 11 is 0. The lowest BCUT2D eigenvalue weighted by molar-refractivity contribution is 0.189. The number of nitrogens with two attached hydrogens (primary N) is 1. The van der Waals surface area contributed by atoms with Crippen LogP contribution in [0.25, 0.3) is 0 Å². The quantitative estimate of drug-likeness (QED) is 0.798. The maximum atomic E-state index is 13.0. The molecule has 6 nitrogen and oxygen atoms in total. The minimum absolute atomic E-state index is 0.448. The van der Waals surface area contributed by atoms with Crippen LogP contribution in [0.2, 0.25) is 0 Å². The number of para-hydroxylation sites is 2. The molecule has 150 valence electrons. The highest BCUT2D eigenvalue weighted by Crippen LogP contribution is 2.43. The fourth-order valence-corrected chi connectivity index (χ4v) is 6.48. The van der Waals surface area contributed by atoms with E-state index in [1.807, 2.05) is 44.2 Å². The first-order valence-corrected chi connectivity index (χ1v) is 11.2. The lowest BCUT2D eigenvalue weighted by Crippen LogP contribution is -2.50. The van der Waals surface area contributed by atoms with Gasteiger partial charge in [0.05, 0.1) is 21.8 Å². The van der Waals surface area contributed by atoms with Crippen LogP contribution in [0.3, 0.4) is 0 Å². The predicted molar refractivity (Wildman–Crippen MR) is 113 cm³/mol. The number of rotatable bonds is 4. The highest BCUT2D eigenvalue weighted by atomic mass is 32.2. The maximum absolute atomic E-state index is 13.0. The molecule has 2 aliphatic rings. The number of sulfonamides is 1. The van der Waals surface area contributed by atoms with Crippen LogP contribution < -0.4 is 10.6 Å². The van der Waals surface area contributed by atoms with Crippen molar-refractivity contribution in [2.24, 2.45) is 0 Å². The van der Waals surface area contributed by atoms with Crippen molar-refractivity contribution in [3.05, 3.63) is 54.1 Å². The molecule has 0 aromatic heterocycles. The Morgan fingerprint density at radius 1 is 0.929 bits per heavy atom. The zero-order valence-electron chi connectivity index (χ0n) is 16.5. The molecule has 2 aliphatic heterocycles. The number of nitrogens with zero attached hydrogens (tertiary/aromatic N) is 3. The van der Waals surface area contributed by atoms with E-state index < -0.39 is 15.6 Å². The predicted octanol–water partition coefficient (Wildman–Crippen LogP) is 2.33. The average Bonchev–Trinajstić information content (AvgIpc) is 2.84. The Bertz CT molecular complexity index is 966. The fourth-order valence-electron chi connectivity index (χ4n) is 4.37. The average molecular weight is 401 g/mol. The molecule has 28 heavy (non-hydrogen) atoms. The summed E-state index contributed by atoms with van der Waals surface area (Å²) in [6.07, 6.45) is 0. The largest absolute Gasteiger partial charge is 0.397 e. The number of hydrogen-bond donors (Lipinski definition) is 1. The van der Waals surface area contributed by atoms with Gasteiger partial charge >= 0.3 is 0 Å². The van der Waals surface area contributed by atoms with Gasteiger partial charge in [0.25, 0.3) is 0 Å². The molecule has 0 atom stereocenters. The normalized spacial score (nSPS) is 21.6. The molecule has 0 amide bonds. The van der Waals surface area contributed by atoms with Crippen LogP contribution in [0.15, 0.2) is 53.4 Å². The van der Waals surface area contributed by atoms with E-state index >= 15 is 0 Å². The molecule has 0 aliphatic carbocycles. The lowest BCUT2D eigenvalue weighted by Gasteiger charge is -2.38. The zero-order chi connectivity index (χ0) is 19.9. The molecule has 0 bridgehead atoms. The molecule has 7 heteroatoms. The molecule has 4 rings (SSSR count). The Kier molecular flexibility index (Phi) is 4.85. The molecule has 1 fully saturated rings. The van der Waals surface area contributed by atoms with Crippen molar-refractivity contribution in [1.29, 1.82) is 0 Å². The number of benzene rings is 2. The van der Waals surface area contributed by atoms with E-state index in [-0.39, 0.29) is 0 Å². The van der Waals surface area contributed by atoms with Crippen LogP contribution in [0, 0.1) is 0 Å². The second kappa shape index (κ2) is 7.06. The van der Waals surface area contributed by atoms with E-state index in [0.717, 1.165) is 49.7 Å². The fraction of sp³-hybridized carbons (Fsp3) is 0.429. The van der Waals surface area contributed by atoms with Gasteiger partial charge in [0.15, 0.2) is 0 Å². The second-order valence-electron chi connectivity index (χ2n) is 8.02. The Morgan fingerprint density at radius 2 is 1.57 bits per heavy atom. The van der Waals surface area contributed by atoms with E-state index in [4.69, 9.17) is 5.73 Å². The molecule has 2 heterocycles. The summed E-state index contributed by atoms with van der Waals surface area (Å²) in [5.41, 5.74) is 8.36. The summed E-state index contributed by atoms with van der Waals surface area (Å²) in [5, 5.41) is 0. The second-order valence-corrected chi connectivity index (χ2v) is 9.85. The summed E-state index contributed by atoms with van der Waals surface area (Å²) in [6, 6.07) is 15.3. The van der Waals surface area contributed by atoms with Gasteiger partial charge in [-0.3, -0.25) is 4.90 Å². The number of anilines is 2. The van der Waals surface area contributed by atoms with Crippen LogP contribution in [-0.2, 0) is 15.6 Å². The van der Waals surface area contributed by atoms with Crippen molar-refractivity contribution in [1.82, 2.24) is 9.21 Å². The molecule has 0 unspecified atom stereocenters. The van der Waals surface area contributed by atoms with E-state index in [9.17, 15) is 8.42 Å². The van der Waals surface area contributed by atoms with Gasteiger partial charge < -0.3 is 10.6 Å². The number of fused-ring (bicyclic) bond motifs is 1. The van der Waals surface area contributed by atoms with Crippen molar-refractivity contribution in [3.63, 3.8) is 0 Å². The lowest BCUT2D eigenvalue weighted by atomic mass is 9.94. The van der Waals surface area contributed by atoms with E-state index in [0.29, 0.717) is 11.4 Å². The number of hydrogen-bond acceptors (Lipinski definition) is 5. The molecule has 0 radical (unpaired) electrons. The van der Waals surface area contributed by atoms with Gasteiger partial charge in [0.1, 0.15) is 0 Å². The van der Waals surface area contributed by atoms with Gasteiger partial charge in [-0.05, 0) is 37.6 Å². The summed E-state index contributed by atoms with van der Waals surface area (Å²) in [5.74, 6) is 0. The van der Waals surface area contributed by atoms with E-state index in [1.54, 1.807) is 16.4 Å². The third-order valence-electron chi connectivity index (χ3n) is 6.01. The first-order valence-electron chi connectivity index (χ1n) is 9.76. The molecular weight excluding hydrogens is 372 g/mol. The highest BCUT2D eigenvalue weighted by molar-refractivity contribution is 7.89. The topological polar surface area (TPSA) is 69.9 Å². The third-order valence-corrected chi connectivity index (χ3v) is 8.14. The Morgan fingerprint density at radius 3 is 2.25 bits per heavy atom. The minimum Gasteiger partial charge on any atom is -0.397 e. The Labute approximate surface area is 167 Å². The SMILES string of the molecule is CC1(C)c2ccccc2S(=O)(=O)N1CCN1CCN(c2ccccc2N)CC1.